The first-order chi connectivity index (χ1) is 30.1. The molecule has 0 aliphatic heterocycles. The topological polar surface area (TPSA) is 13.0 Å². The van der Waals surface area contributed by atoms with Crippen LogP contribution in [0, 0.1) is 0 Å². The fourth-order valence-corrected chi connectivity index (χ4v) is 11.6. The minimum atomic E-state index is -0.320. The molecule has 2 spiro atoms. The maximum atomic E-state index is 2.36. The van der Waals surface area contributed by atoms with Gasteiger partial charge in [-0.05, 0) is 114 Å². The number of hydrogen-bond donors (Lipinski definition) is 0. The summed E-state index contributed by atoms with van der Waals surface area (Å²) in [5.74, 6) is 0. The van der Waals surface area contributed by atoms with E-state index >= 15 is 0 Å². The highest BCUT2D eigenvalue weighted by molar-refractivity contribution is 6.01. The molecule has 304 valence electrons. The molecule has 0 saturated heterocycles. The Morgan fingerprint density at radius 3 is 0.919 bits per heavy atom. The lowest BCUT2D eigenvalue weighted by molar-refractivity contribution is 0.786. The van der Waals surface area contributed by atoms with Gasteiger partial charge in [-0.3, -0.25) is 0 Å². The summed E-state index contributed by atoms with van der Waals surface area (Å²) < 4.78 is 0. The zero-order chi connectivity index (χ0) is 42.7. The second-order valence-corrected chi connectivity index (χ2v) is 18.1. The molecule has 4 heteroatoms. The van der Waals surface area contributed by atoms with E-state index in [2.05, 4.69) is 246 Å². The zero-order valence-corrected chi connectivity index (χ0v) is 37.0. The summed E-state index contributed by atoms with van der Waals surface area (Å²) in [5.41, 5.74) is 26.4. The Hall–Kier alpha value is -7.04. The van der Waals surface area contributed by atoms with Crippen LogP contribution in [0.2, 0.25) is 0 Å². The molecule has 62 heavy (non-hydrogen) atoms. The molecule has 0 bridgehead atoms. The van der Waals surface area contributed by atoms with Gasteiger partial charge in [0.2, 0.25) is 0 Å². The molecule has 8 aromatic carbocycles. The molecule has 0 unspecified atom stereocenters. The number of hydrogen-bond acceptors (Lipinski definition) is 4. The van der Waals surface area contributed by atoms with E-state index in [1.165, 1.54) is 112 Å². The van der Waals surface area contributed by atoms with Crippen molar-refractivity contribution in [1.82, 2.24) is 0 Å². The van der Waals surface area contributed by atoms with E-state index in [0.717, 1.165) is 0 Å². The third-order valence-electron chi connectivity index (χ3n) is 14.1. The second-order valence-electron chi connectivity index (χ2n) is 18.1. The van der Waals surface area contributed by atoms with Crippen LogP contribution in [-0.2, 0) is 10.8 Å². The third kappa shape index (κ3) is 4.89. The number of anilines is 4. The van der Waals surface area contributed by atoms with E-state index < -0.39 is 0 Å². The molecule has 0 amide bonds. The van der Waals surface area contributed by atoms with Crippen LogP contribution in [0.3, 0.4) is 0 Å². The lowest BCUT2D eigenvalue weighted by Gasteiger charge is -2.35. The fraction of sp³-hybridized carbons (Fsp3) is 0.172. The van der Waals surface area contributed by atoms with E-state index in [-0.39, 0.29) is 10.8 Å². The van der Waals surface area contributed by atoms with Crippen LogP contribution in [0.15, 0.2) is 170 Å². The van der Waals surface area contributed by atoms with E-state index in [1.807, 2.05) is 0 Å². The van der Waals surface area contributed by atoms with Gasteiger partial charge in [0, 0.05) is 90.3 Å². The summed E-state index contributed by atoms with van der Waals surface area (Å²) in [6.45, 7) is 0. The molecule has 0 N–H and O–H groups in total. The van der Waals surface area contributed by atoms with Crippen LogP contribution < -0.4 is 19.6 Å². The van der Waals surface area contributed by atoms with Crippen molar-refractivity contribution in [3.8, 4) is 44.5 Å². The standard InChI is InChI=1S/2C29H26N2/c1-30(2)25-17-9-13-21-19-11-5-7-15-23(19)29(27(21)25)24-16-8-6-12-20(24)22-14-10-18-26(28(22)29)31(3)4;1-30(2)19-13-15-27-23(17-19)21-9-5-7-11-25(21)29(27)26-12-8-6-10-22(26)24-18-20(31(3)4)14-16-28(24)29/h2*5-18H,1-4H3. The number of fused-ring (bicyclic) bond motifs is 20. The Balaban J connectivity index is 0.000000139. The first kappa shape index (κ1) is 37.9. The summed E-state index contributed by atoms with van der Waals surface area (Å²) in [6, 6.07) is 63.4. The average Bonchev–Trinajstić information content (AvgIpc) is 3.97. The predicted octanol–water partition coefficient (Wildman–Crippen LogP) is 12.3. The van der Waals surface area contributed by atoms with Gasteiger partial charge < -0.3 is 19.6 Å². The predicted molar refractivity (Wildman–Crippen MR) is 263 cm³/mol. The van der Waals surface area contributed by atoms with Gasteiger partial charge >= 0.3 is 0 Å². The fourth-order valence-electron chi connectivity index (χ4n) is 11.6. The average molecular weight is 805 g/mol. The zero-order valence-electron chi connectivity index (χ0n) is 37.0. The first-order valence-electron chi connectivity index (χ1n) is 21.7. The minimum Gasteiger partial charge on any atom is -0.378 e. The highest BCUT2D eigenvalue weighted by Crippen LogP contribution is 2.67. The molecule has 0 saturated carbocycles. The molecule has 4 aliphatic rings. The van der Waals surface area contributed by atoms with Gasteiger partial charge in [0.1, 0.15) is 0 Å². The summed E-state index contributed by atoms with van der Waals surface area (Å²) >= 11 is 0. The van der Waals surface area contributed by atoms with E-state index in [0.29, 0.717) is 0 Å². The lowest BCUT2D eigenvalue weighted by Crippen LogP contribution is -2.30. The first-order valence-corrected chi connectivity index (χ1v) is 21.7. The molecule has 0 radical (unpaired) electrons. The Bertz CT molecular complexity index is 2900. The van der Waals surface area contributed by atoms with Gasteiger partial charge in [0.25, 0.3) is 0 Å². The highest BCUT2D eigenvalue weighted by atomic mass is 15.1. The Morgan fingerprint density at radius 1 is 0.258 bits per heavy atom. The van der Waals surface area contributed by atoms with Gasteiger partial charge in [-0.25, -0.2) is 0 Å². The molecular formula is C58H52N4. The smallest absolute Gasteiger partial charge is 0.0766 e. The van der Waals surface area contributed by atoms with Crippen LogP contribution in [0.4, 0.5) is 22.7 Å². The van der Waals surface area contributed by atoms with Crippen molar-refractivity contribution in [2.24, 2.45) is 0 Å². The van der Waals surface area contributed by atoms with Crippen LogP contribution in [-0.4, -0.2) is 56.4 Å². The van der Waals surface area contributed by atoms with Crippen molar-refractivity contribution in [2.75, 3.05) is 76.0 Å². The van der Waals surface area contributed by atoms with Crippen molar-refractivity contribution < 1.29 is 0 Å². The minimum absolute atomic E-state index is 0.256. The molecule has 8 aromatic rings. The maximum absolute atomic E-state index is 2.36. The summed E-state index contributed by atoms with van der Waals surface area (Å²) in [4.78, 5) is 8.91. The van der Waals surface area contributed by atoms with E-state index in [1.54, 1.807) is 0 Å². The molecular weight excluding hydrogens is 753 g/mol. The van der Waals surface area contributed by atoms with Gasteiger partial charge in [-0.2, -0.15) is 0 Å². The summed E-state index contributed by atoms with van der Waals surface area (Å²) in [6.07, 6.45) is 0. The highest BCUT2D eigenvalue weighted by Gasteiger charge is 2.55. The molecule has 12 rings (SSSR count). The van der Waals surface area contributed by atoms with Gasteiger partial charge in [0.05, 0.1) is 10.8 Å². The molecule has 0 heterocycles. The van der Waals surface area contributed by atoms with Crippen LogP contribution in [0.1, 0.15) is 44.5 Å². The normalized spacial score (nSPS) is 14.1. The molecule has 0 aromatic heterocycles. The summed E-state index contributed by atoms with van der Waals surface area (Å²) in [5, 5.41) is 0. The number of nitrogens with zero attached hydrogens (tertiary/aromatic N) is 4. The number of benzene rings is 8. The van der Waals surface area contributed by atoms with Gasteiger partial charge in [-0.15, -0.1) is 0 Å². The quantitative estimate of drug-likeness (QED) is 0.176. The largest absolute Gasteiger partial charge is 0.378 e. The van der Waals surface area contributed by atoms with Crippen molar-refractivity contribution >= 4 is 22.7 Å². The molecule has 4 nitrogen and oxygen atoms in total. The molecule has 0 fully saturated rings. The van der Waals surface area contributed by atoms with Gasteiger partial charge in [-0.1, -0.05) is 133 Å². The van der Waals surface area contributed by atoms with Crippen molar-refractivity contribution in [1.29, 1.82) is 0 Å². The van der Waals surface area contributed by atoms with Crippen LogP contribution >= 0.6 is 0 Å². The summed E-state index contributed by atoms with van der Waals surface area (Å²) in [7, 11) is 17.1. The molecule has 0 atom stereocenters. The van der Waals surface area contributed by atoms with Crippen LogP contribution in [0.25, 0.3) is 44.5 Å². The van der Waals surface area contributed by atoms with Crippen molar-refractivity contribution in [2.45, 2.75) is 10.8 Å². The van der Waals surface area contributed by atoms with E-state index in [4.69, 9.17) is 0 Å². The van der Waals surface area contributed by atoms with Crippen molar-refractivity contribution in [3.63, 3.8) is 0 Å². The maximum Gasteiger partial charge on any atom is 0.0766 e. The Labute approximate surface area is 367 Å². The Morgan fingerprint density at radius 2 is 0.565 bits per heavy atom. The SMILES string of the molecule is CN(C)c1ccc2c(c1)-c1ccccc1C21c2ccccc2-c2cc(N(C)C)ccc21.CN(C)c1cccc2c1C1(c3ccccc3-2)c2ccccc2-c2cccc(N(C)C)c21. The Kier molecular flexibility index (Phi) is 8.40. The monoisotopic (exact) mass is 804 g/mol. The second kappa shape index (κ2) is 13.7. The van der Waals surface area contributed by atoms with E-state index in [9.17, 15) is 0 Å². The third-order valence-corrected chi connectivity index (χ3v) is 14.1. The lowest BCUT2D eigenvalue weighted by atomic mass is 9.69. The van der Waals surface area contributed by atoms with Crippen LogP contribution in [0.5, 0.6) is 0 Å². The van der Waals surface area contributed by atoms with Gasteiger partial charge in [0.15, 0.2) is 0 Å². The molecule has 4 aliphatic carbocycles. The van der Waals surface area contributed by atoms with Crippen molar-refractivity contribution in [3.05, 3.63) is 214 Å². The number of rotatable bonds is 4.